The van der Waals surface area contributed by atoms with Gasteiger partial charge in [-0.25, -0.2) is 0 Å². The molecule has 1 heterocycles. The smallest absolute Gasteiger partial charge is 0.371 e. The van der Waals surface area contributed by atoms with Gasteiger partial charge in [0.1, 0.15) is 0 Å². The molecule has 0 aliphatic carbocycles. The Hall–Kier alpha value is -1.23. The maximum Gasteiger partial charge on any atom is 0.393 e. The third-order valence-corrected chi connectivity index (χ3v) is 4.03. The lowest BCUT2D eigenvalue weighted by Crippen LogP contribution is -2.42. The summed E-state index contributed by atoms with van der Waals surface area (Å²) in [5.41, 5.74) is 3.16. The van der Waals surface area contributed by atoms with E-state index in [0.29, 0.717) is 19.5 Å². The van der Waals surface area contributed by atoms with Crippen LogP contribution in [0.5, 0.6) is 0 Å². The number of anilines is 1. The maximum atomic E-state index is 13.0. The van der Waals surface area contributed by atoms with E-state index in [2.05, 4.69) is 11.4 Å². The highest BCUT2D eigenvalue weighted by Crippen LogP contribution is 2.35. The third kappa shape index (κ3) is 4.13. The average Bonchev–Trinajstić information content (AvgIpc) is 2.44. The topological polar surface area (TPSA) is 15.3 Å². The molecule has 0 radical (unpaired) electrons. The van der Waals surface area contributed by atoms with E-state index in [1.165, 1.54) is 0 Å². The van der Waals surface area contributed by atoms with Gasteiger partial charge in [0.05, 0.1) is 5.92 Å². The van der Waals surface area contributed by atoms with Crippen molar-refractivity contribution in [1.82, 2.24) is 5.32 Å². The number of piperidine rings is 1. The molecule has 1 unspecified atom stereocenters. The Balaban J connectivity index is 2.20. The summed E-state index contributed by atoms with van der Waals surface area (Å²) in [6.07, 6.45) is -3.25. The van der Waals surface area contributed by atoms with E-state index in [1.54, 1.807) is 0 Å². The van der Waals surface area contributed by atoms with Crippen molar-refractivity contribution in [2.45, 2.75) is 39.4 Å². The molecule has 118 valence electrons. The number of aryl methyl sites for hydroxylation is 1. The number of rotatable bonds is 4. The molecular formula is C16H23F3N2. The van der Waals surface area contributed by atoms with Crippen LogP contribution in [0.1, 0.15) is 30.9 Å². The molecule has 1 aliphatic rings. The van der Waals surface area contributed by atoms with Gasteiger partial charge in [-0.3, -0.25) is 0 Å². The fourth-order valence-corrected chi connectivity index (χ4v) is 2.89. The van der Waals surface area contributed by atoms with Crippen LogP contribution in [0.3, 0.4) is 0 Å². The van der Waals surface area contributed by atoms with Crippen molar-refractivity contribution in [2.24, 2.45) is 5.92 Å². The molecule has 1 aromatic rings. The van der Waals surface area contributed by atoms with Crippen molar-refractivity contribution in [2.75, 3.05) is 24.5 Å². The van der Waals surface area contributed by atoms with Crippen LogP contribution in [0.25, 0.3) is 0 Å². The number of hydrogen-bond donors (Lipinski definition) is 1. The monoisotopic (exact) mass is 300 g/mol. The molecule has 0 aromatic heterocycles. The lowest BCUT2D eigenvalue weighted by Gasteiger charge is -2.36. The number of benzene rings is 1. The van der Waals surface area contributed by atoms with Gasteiger partial charge < -0.3 is 10.2 Å². The zero-order valence-electron chi connectivity index (χ0n) is 12.6. The SMILES string of the molecule is CCNCc1cc(C)ccc1N1CCCC(C(F)(F)F)C1. The van der Waals surface area contributed by atoms with Crippen molar-refractivity contribution >= 4 is 5.69 Å². The molecule has 1 aromatic carbocycles. The van der Waals surface area contributed by atoms with E-state index < -0.39 is 12.1 Å². The summed E-state index contributed by atoms with van der Waals surface area (Å²) in [5, 5.41) is 3.26. The van der Waals surface area contributed by atoms with Gasteiger partial charge in [-0.05, 0) is 37.9 Å². The Labute approximate surface area is 124 Å². The van der Waals surface area contributed by atoms with Crippen molar-refractivity contribution in [3.05, 3.63) is 29.3 Å². The third-order valence-electron chi connectivity index (χ3n) is 4.03. The molecule has 2 nitrogen and oxygen atoms in total. The molecule has 0 amide bonds. The molecule has 5 heteroatoms. The van der Waals surface area contributed by atoms with Gasteiger partial charge in [-0.15, -0.1) is 0 Å². The minimum atomic E-state index is -4.09. The van der Waals surface area contributed by atoms with Gasteiger partial charge in [0.15, 0.2) is 0 Å². The van der Waals surface area contributed by atoms with E-state index in [4.69, 9.17) is 0 Å². The Kier molecular flexibility index (Phi) is 5.14. The average molecular weight is 300 g/mol. The van der Waals surface area contributed by atoms with Gasteiger partial charge in [0, 0.05) is 25.3 Å². The van der Waals surface area contributed by atoms with Gasteiger partial charge >= 0.3 is 6.18 Å². The van der Waals surface area contributed by atoms with E-state index in [0.717, 1.165) is 23.4 Å². The zero-order valence-corrected chi connectivity index (χ0v) is 12.6. The predicted octanol–water partition coefficient (Wildman–Crippen LogP) is 3.88. The first-order valence-electron chi connectivity index (χ1n) is 7.53. The van der Waals surface area contributed by atoms with Gasteiger partial charge in [-0.1, -0.05) is 24.6 Å². The summed E-state index contributed by atoms with van der Waals surface area (Å²) in [5.74, 6) is -1.21. The molecule has 1 N–H and O–H groups in total. The van der Waals surface area contributed by atoms with Crippen LogP contribution in [-0.2, 0) is 6.54 Å². The summed E-state index contributed by atoms with van der Waals surface area (Å²) >= 11 is 0. The minimum Gasteiger partial charge on any atom is -0.371 e. The molecule has 1 aliphatic heterocycles. The van der Waals surface area contributed by atoms with Crippen LogP contribution < -0.4 is 10.2 Å². The predicted molar refractivity (Wildman–Crippen MR) is 79.6 cm³/mol. The highest BCUT2D eigenvalue weighted by atomic mass is 19.4. The van der Waals surface area contributed by atoms with Crippen LogP contribution in [0.2, 0.25) is 0 Å². The summed E-state index contributed by atoms with van der Waals surface area (Å²) in [6.45, 7) is 6.35. The second-order valence-electron chi connectivity index (χ2n) is 5.74. The van der Waals surface area contributed by atoms with Gasteiger partial charge in [-0.2, -0.15) is 13.2 Å². The van der Waals surface area contributed by atoms with E-state index in [1.807, 2.05) is 30.9 Å². The quantitative estimate of drug-likeness (QED) is 0.907. The second-order valence-corrected chi connectivity index (χ2v) is 5.74. The number of hydrogen-bond acceptors (Lipinski definition) is 2. The highest BCUT2D eigenvalue weighted by molar-refractivity contribution is 5.55. The van der Waals surface area contributed by atoms with Crippen LogP contribution in [0, 0.1) is 12.8 Å². The first kappa shape index (κ1) is 16.1. The summed E-state index contributed by atoms with van der Waals surface area (Å²) in [7, 11) is 0. The van der Waals surface area contributed by atoms with E-state index >= 15 is 0 Å². The summed E-state index contributed by atoms with van der Waals surface area (Å²) in [4.78, 5) is 1.90. The standard InChI is InChI=1S/C16H23F3N2/c1-3-20-10-13-9-12(2)6-7-15(13)21-8-4-5-14(11-21)16(17,18)19/h6-7,9,14,20H,3-5,8,10-11H2,1-2H3. The minimum absolute atomic E-state index is 0.0751. The van der Waals surface area contributed by atoms with Crippen LogP contribution in [0.15, 0.2) is 18.2 Å². The molecule has 2 rings (SSSR count). The van der Waals surface area contributed by atoms with Gasteiger partial charge in [0.2, 0.25) is 0 Å². The number of nitrogens with one attached hydrogen (secondary N) is 1. The lowest BCUT2D eigenvalue weighted by atomic mass is 9.96. The van der Waals surface area contributed by atoms with Crippen molar-refractivity contribution in [1.29, 1.82) is 0 Å². The summed E-state index contributed by atoms with van der Waals surface area (Å²) in [6, 6.07) is 6.00. The second kappa shape index (κ2) is 6.69. The largest absolute Gasteiger partial charge is 0.393 e. The molecule has 1 fully saturated rings. The van der Waals surface area contributed by atoms with Crippen LogP contribution in [0.4, 0.5) is 18.9 Å². The fourth-order valence-electron chi connectivity index (χ4n) is 2.89. The molecular weight excluding hydrogens is 277 g/mol. The highest BCUT2D eigenvalue weighted by Gasteiger charge is 2.42. The molecule has 21 heavy (non-hydrogen) atoms. The maximum absolute atomic E-state index is 13.0. The number of nitrogens with zero attached hydrogens (tertiary/aromatic N) is 1. The molecule has 1 atom stereocenters. The molecule has 0 spiro atoms. The van der Waals surface area contributed by atoms with Gasteiger partial charge in [0.25, 0.3) is 0 Å². The summed E-state index contributed by atoms with van der Waals surface area (Å²) < 4.78 is 38.9. The number of halogens is 3. The van der Waals surface area contributed by atoms with Crippen molar-refractivity contribution in [3.8, 4) is 0 Å². The normalized spacial score (nSPS) is 19.9. The zero-order chi connectivity index (χ0) is 15.5. The number of alkyl halides is 3. The molecule has 1 saturated heterocycles. The lowest BCUT2D eigenvalue weighted by molar-refractivity contribution is -0.176. The molecule has 0 bridgehead atoms. The van der Waals surface area contributed by atoms with Crippen LogP contribution in [-0.4, -0.2) is 25.8 Å². The Bertz CT molecular complexity index is 471. The van der Waals surface area contributed by atoms with Crippen molar-refractivity contribution in [3.63, 3.8) is 0 Å². The van der Waals surface area contributed by atoms with E-state index in [-0.39, 0.29) is 13.0 Å². The van der Waals surface area contributed by atoms with E-state index in [9.17, 15) is 13.2 Å². The first-order chi connectivity index (χ1) is 9.91. The Morgan fingerprint density at radius 2 is 2.10 bits per heavy atom. The fraction of sp³-hybridized carbons (Fsp3) is 0.625. The Morgan fingerprint density at radius 3 is 2.76 bits per heavy atom. The van der Waals surface area contributed by atoms with Crippen molar-refractivity contribution < 1.29 is 13.2 Å². The molecule has 0 saturated carbocycles. The Morgan fingerprint density at radius 1 is 1.33 bits per heavy atom. The first-order valence-corrected chi connectivity index (χ1v) is 7.53. The van der Waals surface area contributed by atoms with Crippen LogP contribution >= 0.6 is 0 Å².